The Morgan fingerprint density at radius 1 is 1.19 bits per heavy atom. The van der Waals surface area contributed by atoms with Crippen LogP contribution in [0.5, 0.6) is 5.75 Å². The lowest BCUT2D eigenvalue weighted by Gasteiger charge is -2.11. The third-order valence-electron chi connectivity index (χ3n) is 2.76. The number of hydrogen-bond acceptors (Lipinski definition) is 3. The van der Waals surface area contributed by atoms with Gasteiger partial charge in [0.15, 0.2) is 0 Å². The molecule has 0 saturated carbocycles. The Kier molecular flexibility index (Phi) is 5.20. The minimum atomic E-state index is -3.89. The molecule has 0 aliphatic rings. The average molecular weight is 410 g/mol. The first kappa shape index (κ1) is 16.6. The lowest BCUT2D eigenvalue weighted by Crippen LogP contribution is -2.01. The molecule has 2 rings (SSSR count). The van der Waals surface area contributed by atoms with Crippen LogP contribution in [0, 0.1) is 6.92 Å². The van der Waals surface area contributed by atoms with Crippen molar-refractivity contribution >= 4 is 47.3 Å². The van der Waals surface area contributed by atoms with Crippen LogP contribution in [0.4, 0.5) is 0 Å². The van der Waals surface area contributed by atoms with Crippen LogP contribution in [-0.4, -0.2) is 8.42 Å². The second-order valence-electron chi connectivity index (χ2n) is 4.41. The Bertz CT molecular complexity index is 776. The highest BCUT2D eigenvalue weighted by atomic mass is 79.9. The molecule has 0 fully saturated rings. The van der Waals surface area contributed by atoms with Crippen molar-refractivity contribution in [3.63, 3.8) is 0 Å². The lowest BCUT2D eigenvalue weighted by molar-refractivity contribution is 0.298. The van der Waals surface area contributed by atoms with Crippen molar-refractivity contribution in [3.8, 4) is 5.75 Å². The standard InChI is InChI=1S/C14H11BrCl2O3S/c1-9-2-3-10(12(16)6-9)8-20-13-5-4-11(15)7-14(13)21(17,18)19/h2-7H,8H2,1H3. The molecule has 21 heavy (non-hydrogen) atoms. The Morgan fingerprint density at radius 3 is 2.52 bits per heavy atom. The first-order valence-electron chi connectivity index (χ1n) is 5.89. The van der Waals surface area contributed by atoms with Crippen LogP contribution >= 0.6 is 38.2 Å². The van der Waals surface area contributed by atoms with Crippen molar-refractivity contribution < 1.29 is 13.2 Å². The van der Waals surface area contributed by atoms with Gasteiger partial charge in [-0.15, -0.1) is 0 Å². The molecule has 0 aliphatic heterocycles. The summed E-state index contributed by atoms with van der Waals surface area (Å²) in [6.45, 7) is 2.09. The molecule has 0 spiro atoms. The van der Waals surface area contributed by atoms with Crippen molar-refractivity contribution in [1.29, 1.82) is 0 Å². The summed E-state index contributed by atoms with van der Waals surface area (Å²) in [4.78, 5) is -0.0817. The molecule has 2 aromatic rings. The molecule has 2 aromatic carbocycles. The van der Waals surface area contributed by atoms with Crippen LogP contribution < -0.4 is 4.74 Å². The van der Waals surface area contributed by atoms with Gasteiger partial charge in [-0.25, -0.2) is 8.42 Å². The topological polar surface area (TPSA) is 43.4 Å². The summed E-state index contributed by atoms with van der Waals surface area (Å²) in [6, 6.07) is 10.2. The molecule has 0 bridgehead atoms. The zero-order chi connectivity index (χ0) is 15.6. The van der Waals surface area contributed by atoms with E-state index in [0.717, 1.165) is 11.1 Å². The van der Waals surface area contributed by atoms with Gasteiger partial charge in [-0.1, -0.05) is 39.7 Å². The molecule has 0 aliphatic carbocycles. The SMILES string of the molecule is Cc1ccc(COc2ccc(Br)cc2S(=O)(=O)Cl)c(Cl)c1. The summed E-state index contributed by atoms with van der Waals surface area (Å²) in [7, 11) is 1.52. The quantitative estimate of drug-likeness (QED) is 0.673. The molecule has 0 heterocycles. The van der Waals surface area contributed by atoms with Gasteiger partial charge >= 0.3 is 0 Å². The van der Waals surface area contributed by atoms with Crippen molar-refractivity contribution in [1.82, 2.24) is 0 Å². The van der Waals surface area contributed by atoms with Crippen LogP contribution in [0.1, 0.15) is 11.1 Å². The zero-order valence-electron chi connectivity index (χ0n) is 10.9. The van der Waals surface area contributed by atoms with Crippen molar-refractivity contribution in [2.24, 2.45) is 0 Å². The van der Waals surface area contributed by atoms with Crippen molar-refractivity contribution in [2.45, 2.75) is 18.4 Å². The van der Waals surface area contributed by atoms with Crippen LogP contribution in [-0.2, 0) is 15.7 Å². The second kappa shape index (κ2) is 6.57. The number of hydrogen-bond donors (Lipinski definition) is 0. The number of benzene rings is 2. The van der Waals surface area contributed by atoms with Gasteiger partial charge in [0.05, 0.1) is 0 Å². The fraction of sp³-hybridized carbons (Fsp3) is 0.143. The number of halogens is 3. The molecule has 0 aromatic heterocycles. The van der Waals surface area contributed by atoms with Gasteiger partial charge in [0.1, 0.15) is 17.3 Å². The first-order chi connectivity index (χ1) is 9.77. The highest BCUT2D eigenvalue weighted by Gasteiger charge is 2.17. The Balaban J connectivity index is 2.28. The highest BCUT2D eigenvalue weighted by molar-refractivity contribution is 9.10. The van der Waals surface area contributed by atoms with Gasteiger partial charge in [-0.05, 0) is 36.8 Å². The van der Waals surface area contributed by atoms with E-state index in [2.05, 4.69) is 15.9 Å². The molecule has 0 radical (unpaired) electrons. The van der Waals surface area contributed by atoms with Crippen molar-refractivity contribution in [2.75, 3.05) is 0 Å². The molecule has 0 N–H and O–H groups in total. The Morgan fingerprint density at radius 2 is 1.90 bits per heavy atom. The van der Waals surface area contributed by atoms with E-state index in [1.807, 2.05) is 25.1 Å². The smallest absolute Gasteiger partial charge is 0.265 e. The first-order valence-corrected chi connectivity index (χ1v) is 9.37. The highest BCUT2D eigenvalue weighted by Crippen LogP contribution is 2.31. The van der Waals surface area contributed by atoms with E-state index in [1.165, 1.54) is 6.07 Å². The molecule has 0 saturated heterocycles. The average Bonchev–Trinajstić information content (AvgIpc) is 2.38. The molecule has 3 nitrogen and oxygen atoms in total. The molecule has 7 heteroatoms. The van der Waals surface area contributed by atoms with E-state index in [1.54, 1.807) is 12.1 Å². The van der Waals surface area contributed by atoms with Gasteiger partial charge in [0, 0.05) is 25.7 Å². The molecule has 0 unspecified atom stereocenters. The van der Waals surface area contributed by atoms with E-state index < -0.39 is 9.05 Å². The van der Waals surface area contributed by atoms with Gasteiger partial charge in [-0.2, -0.15) is 0 Å². The maximum atomic E-state index is 11.6. The molecular weight excluding hydrogens is 399 g/mol. The van der Waals surface area contributed by atoms with Crippen molar-refractivity contribution in [3.05, 3.63) is 57.0 Å². The maximum absolute atomic E-state index is 11.6. The normalized spacial score (nSPS) is 11.4. The minimum absolute atomic E-state index is 0.0817. The summed E-state index contributed by atoms with van der Waals surface area (Å²) < 4.78 is 29.3. The summed E-state index contributed by atoms with van der Waals surface area (Å²) in [5.41, 5.74) is 1.81. The summed E-state index contributed by atoms with van der Waals surface area (Å²) in [5.74, 6) is 0.185. The fourth-order valence-electron chi connectivity index (χ4n) is 1.72. The minimum Gasteiger partial charge on any atom is -0.487 e. The fourth-order valence-corrected chi connectivity index (χ4v) is 3.52. The monoisotopic (exact) mass is 408 g/mol. The van der Waals surface area contributed by atoms with E-state index >= 15 is 0 Å². The van der Waals surface area contributed by atoms with Gasteiger partial charge in [-0.3, -0.25) is 0 Å². The number of ether oxygens (including phenoxy) is 1. The van der Waals surface area contributed by atoms with Crippen LogP contribution in [0.3, 0.4) is 0 Å². The predicted molar refractivity (Wildman–Crippen MR) is 87.7 cm³/mol. The van der Waals surface area contributed by atoms with E-state index in [9.17, 15) is 8.42 Å². The third-order valence-corrected chi connectivity index (χ3v) is 4.95. The van der Waals surface area contributed by atoms with Gasteiger partial charge in [0.25, 0.3) is 9.05 Å². The molecule has 0 atom stereocenters. The van der Waals surface area contributed by atoms with Gasteiger partial charge in [0.2, 0.25) is 0 Å². The summed E-state index contributed by atoms with van der Waals surface area (Å²) in [5, 5.41) is 0.572. The maximum Gasteiger partial charge on any atom is 0.265 e. The second-order valence-corrected chi connectivity index (χ2v) is 8.27. The van der Waals surface area contributed by atoms with Crippen LogP contribution in [0.2, 0.25) is 5.02 Å². The number of rotatable bonds is 4. The largest absolute Gasteiger partial charge is 0.487 e. The third kappa shape index (κ3) is 4.36. The van der Waals surface area contributed by atoms with E-state index in [0.29, 0.717) is 9.50 Å². The van der Waals surface area contributed by atoms with E-state index in [4.69, 9.17) is 27.0 Å². The predicted octanol–water partition coefficient (Wildman–Crippen LogP) is 4.92. The number of aryl methyl sites for hydroxylation is 1. The summed E-state index contributed by atoms with van der Waals surface area (Å²) in [6.07, 6.45) is 0. The lowest BCUT2D eigenvalue weighted by atomic mass is 10.2. The molecule has 0 amide bonds. The van der Waals surface area contributed by atoms with Crippen LogP contribution in [0.25, 0.3) is 0 Å². The molecule has 112 valence electrons. The molecular formula is C14H11BrCl2O3S. The van der Waals surface area contributed by atoms with E-state index in [-0.39, 0.29) is 17.3 Å². The van der Waals surface area contributed by atoms with Gasteiger partial charge < -0.3 is 4.74 Å². The Labute approximate surface area is 141 Å². The summed E-state index contributed by atoms with van der Waals surface area (Å²) >= 11 is 9.32. The zero-order valence-corrected chi connectivity index (χ0v) is 14.9. The van der Waals surface area contributed by atoms with Crippen LogP contribution in [0.15, 0.2) is 45.8 Å². The Hall–Kier alpha value is -0.750.